The lowest BCUT2D eigenvalue weighted by atomic mass is 10.2. The molecule has 3 aromatic rings. The van der Waals surface area contributed by atoms with E-state index in [0.717, 1.165) is 24.4 Å². The zero-order valence-corrected chi connectivity index (χ0v) is 15.2. The third kappa shape index (κ3) is 3.40. The first-order chi connectivity index (χ1) is 13.1. The molecule has 1 aromatic carbocycles. The molecule has 0 saturated carbocycles. The van der Waals surface area contributed by atoms with E-state index in [0.29, 0.717) is 24.3 Å². The van der Waals surface area contributed by atoms with Gasteiger partial charge in [0.05, 0.1) is 11.0 Å². The van der Waals surface area contributed by atoms with Crippen LogP contribution in [0.5, 0.6) is 0 Å². The molecular weight excluding hydrogens is 342 g/mol. The van der Waals surface area contributed by atoms with Gasteiger partial charge in [0.1, 0.15) is 18.1 Å². The van der Waals surface area contributed by atoms with Gasteiger partial charge in [-0.25, -0.2) is 9.97 Å². The van der Waals surface area contributed by atoms with Gasteiger partial charge in [-0.2, -0.15) is 0 Å². The predicted molar refractivity (Wildman–Crippen MR) is 104 cm³/mol. The fourth-order valence-corrected chi connectivity index (χ4v) is 3.44. The van der Waals surface area contributed by atoms with Gasteiger partial charge in [-0.1, -0.05) is 18.2 Å². The van der Waals surface area contributed by atoms with Crippen LogP contribution in [0.15, 0.2) is 53.5 Å². The van der Waals surface area contributed by atoms with Gasteiger partial charge in [0.25, 0.3) is 5.56 Å². The number of pyridine rings is 1. The molecule has 0 spiro atoms. The molecule has 0 unspecified atom stereocenters. The molecule has 1 aliphatic heterocycles. The number of anilines is 1. The van der Waals surface area contributed by atoms with Gasteiger partial charge in [0, 0.05) is 32.4 Å². The minimum atomic E-state index is -0.214. The highest BCUT2D eigenvalue weighted by molar-refractivity contribution is 5.80. The zero-order chi connectivity index (χ0) is 18.8. The van der Waals surface area contributed by atoms with Crippen molar-refractivity contribution in [2.24, 2.45) is 0 Å². The lowest BCUT2D eigenvalue weighted by molar-refractivity contribution is -0.132. The van der Waals surface area contributed by atoms with Crippen LogP contribution in [-0.2, 0) is 11.3 Å². The van der Waals surface area contributed by atoms with E-state index in [4.69, 9.17) is 0 Å². The van der Waals surface area contributed by atoms with E-state index in [1.54, 1.807) is 13.1 Å². The number of aryl methyl sites for hydroxylation is 1. The van der Waals surface area contributed by atoms with E-state index < -0.39 is 0 Å². The second-order valence-corrected chi connectivity index (χ2v) is 6.63. The minimum Gasteiger partial charge on any atom is -0.353 e. The van der Waals surface area contributed by atoms with Crippen LogP contribution in [0.25, 0.3) is 11.0 Å². The van der Waals surface area contributed by atoms with Gasteiger partial charge < -0.3 is 9.80 Å². The molecule has 0 radical (unpaired) electrons. The maximum atomic E-state index is 12.8. The van der Waals surface area contributed by atoms with Crippen molar-refractivity contribution in [2.45, 2.75) is 13.5 Å². The first kappa shape index (κ1) is 17.2. The second-order valence-electron chi connectivity index (χ2n) is 6.63. The lowest BCUT2D eigenvalue weighted by Crippen LogP contribution is -2.50. The highest BCUT2D eigenvalue weighted by Crippen LogP contribution is 2.14. The van der Waals surface area contributed by atoms with Crippen LogP contribution in [0.1, 0.15) is 5.69 Å². The quantitative estimate of drug-likeness (QED) is 0.704. The van der Waals surface area contributed by atoms with Gasteiger partial charge in [-0.3, -0.25) is 14.2 Å². The number of nitrogens with zero attached hydrogens (tertiary/aromatic N) is 5. The van der Waals surface area contributed by atoms with Crippen LogP contribution in [-0.4, -0.2) is 51.5 Å². The molecular formula is C20H21N5O2. The zero-order valence-electron chi connectivity index (χ0n) is 15.2. The van der Waals surface area contributed by atoms with Gasteiger partial charge in [-0.15, -0.1) is 0 Å². The van der Waals surface area contributed by atoms with Crippen LogP contribution in [0.3, 0.4) is 0 Å². The van der Waals surface area contributed by atoms with Gasteiger partial charge >= 0.3 is 0 Å². The molecule has 1 saturated heterocycles. The van der Waals surface area contributed by atoms with Crippen molar-refractivity contribution in [3.8, 4) is 0 Å². The van der Waals surface area contributed by atoms with Crippen LogP contribution >= 0.6 is 0 Å². The number of carbonyl (C=O) groups excluding carboxylic acids is 1. The smallest absolute Gasteiger partial charge is 0.272 e. The van der Waals surface area contributed by atoms with Crippen molar-refractivity contribution in [1.82, 2.24) is 19.4 Å². The third-order valence-electron chi connectivity index (χ3n) is 4.91. The molecule has 7 heteroatoms. The van der Waals surface area contributed by atoms with Crippen LogP contribution in [0.2, 0.25) is 0 Å². The fraction of sp³-hybridized carbons (Fsp3) is 0.300. The number of hydrogen-bond donors (Lipinski definition) is 0. The Hall–Kier alpha value is -3.22. The van der Waals surface area contributed by atoms with Crippen LogP contribution in [0.4, 0.5) is 5.82 Å². The van der Waals surface area contributed by atoms with E-state index in [9.17, 15) is 9.59 Å². The Morgan fingerprint density at radius 3 is 2.52 bits per heavy atom. The summed E-state index contributed by atoms with van der Waals surface area (Å²) in [5.41, 5.74) is 1.60. The first-order valence-electron chi connectivity index (χ1n) is 9.03. The van der Waals surface area contributed by atoms with Crippen molar-refractivity contribution >= 4 is 22.8 Å². The topological polar surface area (TPSA) is 71.3 Å². The SMILES string of the molecule is Cc1nc2ccccc2n(CC(=O)N2CCN(c3ccccn3)CC2)c1=O. The molecule has 4 rings (SSSR count). The van der Waals surface area contributed by atoms with E-state index >= 15 is 0 Å². The first-order valence-corrected chi connectivity index (χ1v) is 9.03. The summed E-state index contributed by atoms with van der Waals surface area (Å²) in [4.78, 5) is 38.1. The van der Waals surface area contributed by atoms with Gasteiger partial charge in [-0.05, 0) is 31.2 Å². The summed E-state index contributed by atoms with van der Waals surface area (Å²) >= 11 is 0. The Morgan fingerprint density at radius 2 is 1.78 bits per heavy atom. The number of rotatable bonds is 3. The summed E-state index contributed by atoms with van der Waals surface area (Å²) in [6.45, 7) is 4.41. The lowest BCUT2D eigenvalue weighted by Gasteiger charge is -2.35. The minimum absolute atomic E-state index is 0.0340. The van der Waals surface area contributed by atoms with Crippen molar-refractivity contribution < 1.29 is 4.79 Å². The average Bonchev–Trinajstić information content (AvgIpc) is 2.72. The van der Waals surface area contributed by atoms with Crippen LogP contribution in [0, 0.1) is 6.92 Å². The summed E-state index contributed by atoms with van der Waals surface area (Å²) in [6.07, 6.45) is 1.77. The summed E-state index contributed by atoms with van der Waals surface area (Å²) in [5.74, 6) is 0.880. The average molecular weight is 363 g/mol. The van der Waals surface area contributed by atoms with Crippen molar-refractivity contribution in [2.75, 3.05) is 31.1 Å². The molecule has 1 aliphatic rings. The molecule has 2 aromatic heterocycles. The predicted octanol–water partition coefficient (Wildman–Crippen LogP) is 1.45. The molecule has 7 nitrogen and oxygen atoms in total. The molecule has 3 heterocycles. The second kappa shape index (κ2) is 7.19. The fourth-order valence-electron chi connectivity index (χ4n) is 3.44. The number of hydrogen-bond acceptors (Lipinski definition) is 5. The number of fused-ring (bicyclic) bond motifs is 1. The molecule has 0 aliphatic carbocycles. The summed E-state index contributed by atoms with van der Waals surface area (Å²) < 4.78 is 1.53. The number of amides is 1. The van der Waals surface area contributed by atoms with Crippen LogP contribution < -0.4 is 10.5 Å². The Labute approximate surface area is 156 Å². The third-order valence-corrected chi connectivity index (χ3v) is 4.91. The van der Waals surface area contributed by atoms with E-state index in [1.807, 2.05) is 47.4 Å². The standard InChI is InChI=1S/C20H21N5O2/c1-15-20(27)25(17-7-3-2-6-16(17)22-15)14-19(26)24-12-10-23(11-13-24)18-8-4-5-9-21-18/h2-9H,10-14H2,1H3. The Bertz CT molecular complexity index is 1020. The summed E-state index contributed by atoms with van der Waals surface area (Å²) in [6, 6.07) is 13.2. The molecule has 1 amide bonds. The largest absolute Gasteiger partial charge is 0.353 e. The molecule has 27 heavy (non-hydrogen) atoms. The summed E-state index contributed by atoms with van der Waals surface area (Å²) in [5, 5.41) is 0. The highest BCUT2D eigenvalue weighted by Gasteiger charge is 2.23. The number of piperazine rings is 1. The molecule has 0 bridgehead atoms. The molecule has 0 N–H and O–H groups in total. The molecule has 1 fully saturated rings. The van der Waals surface area contributed by atoms with Gasteiger partial charge in [0.15, 0.2) is 0 Å². The Balaban J connectivity index is 1.50. The van der Waals surface area contributed by atoms with Crippen molar-refractivity contribution in [1.29, 1.82) is 0 Å². The molecule has 138 valence electrons. The van der Waals surface area contributed by atoms with Gasteiger partial charge in [0.2, 0.25) is 5.91 Å². The number of para-hydroxylation sites is 2. The van der Waals surface area contributed by atoms with E-state index in [1.165, 1.54) is 4.57 Å². The summed E-state index contributed by atoms with van der Waals surface area (Å²) in [7, 11) is 0. The maximum absolute atomic E-state index is 12.8. The number of carbonyl (C=O) groups is 1. The monoisotopic (exact) mass is 363 g/mol. The van der Waals surface area contributed by atoms with Crippen molar-refractivity contribution in [3.05, 3.63) is 64.7 Å². The maximum Gasteiger partial charge on any atom is 0.272 e. The van der Waals surface area contributed by atoms with E-state index in [-0.39, 0.29) is 18.0 Å². The highest BCUT2D eigenvalue weighted by atomic mass is 16.2. The van der Waals surface area contributed by atoms with E-state index in [2.05, 4.69) is 14.9 Å². The Kier molecular flexibility index (Phi) is 4.58. The Morgan fingerprint density at radius 1 is 1.04 bits per heavy atom. The molecule has 0 atom stereocenters. The number of aromatic nitrogens is 3. The van der Waals surface area contributed by atoms with Crippen molar-refractivity contribution in [3.63, 3.8) is 0 Å². The normalized spacial score (nSPS) is 14.6. The number of benzene rings is 1.